The van der Waals surface area contributed by atoms with Gasteiger partial charge in [-0.15, -0.1) is 0 Å². The number of aromatic nitrogens is 2. The van der Waals surface area contributed by atoms with E-state index < -0.39 is 9.84 Å². The number of anilines is 1. The maximum Gasteiger partial charge on any atom is 0.225 e. The monoisotopic (exact) mass is 316 g/mol. The third kappa shape index (κ3) is 4.36. The van der Waals surface area contributed by atoms with Gasteiger partial charge in [-0.25, -0.2) is 22.8 Å². The molecule has 0 atom stereocenters. The van der Waals surface area contributed by atoms with E-state index in [0.717, 1.165) is 0 Å². The van der Waals surface area contributed by atoms with Gasteiger partial charge in [-0.3, -0.25) is 0 Å². The Bertz CT molecular complexity index is 589. The van der Waals surface area contributed by atoms with Gasteiger partial charge < -0.3 is 15.4 Å². The molecule has 1 aliphatic heterocycles. The molecule has 0 unspecified atom stereocenters. The lowest BCUT2D eigenvalue weighted by atomic mass is 10.3. The van der Waals surface area contributed by atoms with Crippen LogP contribution in [0.25, 0.3) is 0 Å². The second kappa shape index (κ2) is 6.81. The molecule has 7 nitrogen and oxygen atoms in total. The zero-order chi connectivity index (χ0) is 15.3. The van der Waals surface area contributed by atoms with Crippen LogP contribution in [0.3, 0.4) is 0 Å². The van der Waals surface area contributed by atoms with Crippen LogP contribution in [0.1, 0.15) is 0 Å². The molecule has 21 heavy (non-hydrogen) atoms. The maximum atomic E-state index is 12.3. The molecule has 116 valence electrons. The minimum absolute atomic E-state index is 0.0393. The fourth-order valence-electron chi connectivity index (χ4n) is 1.77. The molecule has 0 saturated carbocycles. The lowest BCUT2D eigenvalue weighted by Gasteiger charge is -2.26. The van der Waals surface area contributed by atoms with E-state index in [-0.39, 0.29) is 24.7 Å². The first kappa shape index (κ1) is 15.6. The number of nitrogens with two attached hydrogens (primary N) is 1. The summed E-state index contributed by atoms with van der Waals surface area (Å²) in [5, 5.41) is 0. The number of sulfone groups is 1. The highest BCUT2D eigenvalue weighted by Gasteiger charge is 2.23. The van der Waals surface area contributed by atoms with Crippen molar-refractivity contribution in [2.24, 2.45) is 5.73 Å². The molecule has 1 aliphatic rings. The third-order valence-electron chi connectivity index (χ3n) is 3.08. The first-order valence-corrected chi connectivity index (χ1v) is 8.24. The zero-order valence-corrected chi connectivity index (χ0v) is 12.2. The summed E-state index contributed by atoms with van der Waals surface area (Å²) >= 11 is 0. The second-order valence-corrected chi connectivity index (χ2v) is 6.92. The average Bonchev–Trinajstić information content (AvgIpc) is 2.49. The van der Waals surface area contributed by atoms with E-state index in [0.29, 0.717) is 36.7 Å². The van der Waals surface area contributed by atoms with Crippen molar-refractivity contribution < 1.29 is 17.5 Å². The Kier molecular flexibility index (Phi) is 5.07. The standard InChI is InChI=1S/C12H17FN4O3S/c13-5-10(6-14)9-20-11-7-15-12(16-8-11)17-1-3-21(18,19)4-2-17/h5,7-8H,1-4,6,9,14H2. The number of hydrogen-bond acceptors (Lipinski definition) is 7. The van der Waals surface area contributed by atoms with E-state index in [2.05, 4.69) is 9.97 Å². The molecule has 0 aliphatic carbocycles. The van der Waals surface area contributed by atoms with Crippen LogP contribution in [0.5, 0.6) is 5.75 Å². The number of halogens is 1. The Morgan fingerprint density at radius 1 is 1.38 bits per heavy atom. The molecule has 0 radical (unpaired) electrons. The third-order valence-corrected chi connectivity index (χ3v) is 4.69. The Balaban J connectivity index is 1.93. The molecular formula is C12H17FN4O3S. The second-order valence-electron chi connectivity index (χ2n) is 4.62. The summed E-state index contributed by atoms with van der Waals surface area (Å²) < 4.78 is 40.3. The molecule has 0 bridgehead atoms. The summed E-state index contributed by atoms with van der Waals surface area (Å²) in [4.78, 5) is 10.1. The minimum atomic E-state index is -2.93. The molecule has 2 N–H and O–H groups in total. The lowest BCUT2D eigenvalue weighted by molar-refractivity contribution is 0.344. The van der Waals surface area contributed by atoms with Crippen molar-refractivity contribution in [1.29, 1.82) is 0 Å². The van der Waals surface area contributed by atoms with Gasteiger partial charge in [0.1, 0.15) is 6.61 Å². The number of hydrogen-bond donors (Lipinski definition) is 1. The van der Waals surface area contributed by atoms with Gasteiger partial charge in [-0.05, 0) is 0 Å². The van der Waals surface area contributed by atoms with E-state index >= 15 is 0 Å². The van der Waals surface area contributed by atoms with Crippen LogP contribution in [0.2, 0.25) is 0 Å². The van der Waals surface area contributed by atoms with Gasteiger partial charge in [0.25, 0.3) is 0 Å². The van der Waals surface area contributed by atoms with Crippen LogP contribution in [-0.2, 0) is 9.84 Å². The SMILES string of the molecule is NCC(=CF)COc1cnc(N2CCS(=O)(=O)CC2)nc1. The predicted molar refractivity (Wildman–Crippen MR) is 76.6 cm³/mol. The first-order chi connectivity index (χ1) is 10.0. The van der Waals surface area contributed by atoms with Gasteiger partial charge in [0.05, 0.1) is 30.2 Å². The van der Waals surface area contributed by atoms with Crippen molar-refractivity contribution in [2.75, 3.05) is 42.6 Å². The highest BCUT2D eigenvalue weighted by Crippen LogP contribution is 2.15. The zero-order valence-electron chi connectivity index (χ0n) is 11.4. The first-order valence-electron chi connectivity index (χ1n) is 6.42. The van der Waals surface area contributed by atoms with E-state index in [1.807, 2.05) is 0 Å². The Hall–Kier alpha value is -1.74. The number of rotatable bonds is 5. The summed E-state index contributed by atoms with van der Waals surface area (Å²) in [5.41, 5.74) is 5.65. The van der Waals surface area contributed by atoms with Gasteiger partial charge >= 0.3 is 0 Å². The van der Waals surface area contributed by atoms with Gasteiger partial charge in [0.2, 0.25) is 5.95 Å². The van der Waals surface area contributed by atoms with Crippen molar-refractivity contribution in [3.63, 3.8) is 0 Å². The smallest absolute Gasteiger partial charge is 0.225 e. The van der Waals surface area contributed by atoms with E-state index in [4.69, 9.17) is 10.5 Å². The minimum Gasteiger partial charge on any atom is -0.486 e. The van der Waals surface area contributed by atoms with Gasteiger partial charge in [0, 0.05) is 25.2 Å². The molecule has 0 aromatic carbocycles. The largest absolute Gasteiger partial charge is 0.486 e. The Morgan fingerprint density at radius 2 is 2.00 bits per heavy atom. The summed E-state index contributed by atoms with van der Waals surface area (Å²) in [5.74, 6) is 1.07. The molecule has 0 spiro atoms. The van der Waals surface area contributed by atoms with Crippen LogP contribution in [0.15, 0.2) is 24.3 Å². The summed E-state index contributed by atoms with van der Waals surface area (Å²) in [6.45, 7) is 0.879. The average molecular weight is 316 g/mol. The van der Waals surface area contributed by atoms with E-state index in [1.54, 1.807) is 4.90 Å². The molecule has 2 rings (SSSR count). The fourth-order valence-corrected chi connectivity index (χ4v) is 2.97. The van der Waals surface area contributed by atoms with Crippen molar-refractivity contribution in [3.05, 3.63) is 24.3 Å². The number of ether oxygens (including phenoxy) is 1. The number of nitrogens with zero attached hydrogens (tertiary/aromatic N) is 3. The van der Waals surface area contributed by atoms with Gasteiger partial charge in [-0.1, -0.05) is 0 Å². The van der Waals surface area contributed by atoms with E-state index in [1.165, 1.54) is 12.4 Å². The van der Waals surface area contributed by atoms with Gasteiger partial charge in [0.15, 0.2) is 15.6 Å². The molecule has 1 aromatic heterocycles. The van der Waals surface area contributed by atoms with Crippen molar-refractivity contribution in [2.45, 2.75) is 0 Å². The topological polar surface area (TPSA) is 98.4 Å². The maximum absolute atomic E-state index is 12.3. The molecule has 1 saturated heterocycles. The van der Waals surface area contributed by atoms with Crippen LogP contribution >= 0.6 is 0 Å². The molecule has 1 aromatic rings. The quantitative estimate of drug-likeness (QED) is 0.810. The molecule has 9 heteroatoms. The van der Waals surface area contributed by atoms with Crippen LogP contribution in [0, 0.1) is 0 Å². The molecule has 1 fully saturated rings. The van der Waals surface area contributed by atoms with E-state index in [9.17, 15) is 12.8 Å². The Morgan fingerprint density at radius 3 is 2.52 bits per heavy atom. The predicted octanol–water partition coefficient (Wildman–Crippen LogP) is -0.0977. The summed E-state index contributed by atoms with van der Waals surface area (Å²) in [7, 11) is -2.93. The highest BCUT2D eigenvalue weighted by molar-refractivity contribution is 7.91. The molecular weight excluding hydrogens is 299 g/mol. The molecule has 0 amide bonds. The normalized spacial score (nSPS) is 18.6. The fraction of sp³-hybridized carbons (Fsp3) is 0.500. The van der Waals surface area contributed by atoms with Gasteiger partial charge in [-0.2, -0.15) is 0 Å². The Labute approximate surface area is 122 Å². The van der Waals surface area contributed by atoms with Crippen LogP contribution in [-0.4, -0.2) is 56.1 Å². The van der Waals surface area contributed by atoms with Crippen molar-refractivity contribution in [1.82, 2.24) is 9.97 Å². The van der Waals surface area contributed by atoms with Crippen LogP contribution < -0.4 is 15.4 Å². The summed E-state index contributed by atoms with van der Waals surface area (Å²) in [6.07, 6.45) is 3.36. The highest BCUT2D eigenvalue weighted by atomic mass is 32.2. The van der Waals surface area contributed by atoms with Crippen LogP contribution in [0.4, 0.5) is 10.3 Å². The van der Waals surface area contributed by atoms with Crippen molar-refractivity contribution in [3.8, 4) is 5.75 Å². The van der Waals surface area contributed by atoms with Crippen molar-refractivity contribution >= 4 is 15.8 Å². The molecule has 2 heterocycles. The lowest BCUT2D eigenvalue weighted by Crippen LogP contribution is -2.41. The summed E-state index contributed by atoms with van der Waals surface area (Å²) in [6, 6.07) is 0.